The Morgan fingerprint density at radius 3 is 2.40 bits per heavy atom. The van der Waals surface area contributed by atoms with E-state index in [-0.39, 0.29) is 12.1 Å². The summed E-state index contributed by atoms with van der Waals surface area (Å²) < 4.78 is 10.2. The standard InChI is InChI=1S/C18H30N4O3/c1-21-9-11-22(12-10-21)17(14-20-18(23)19-8-13-24-2)15-4-6-16(25-3)7-5-15/h4-7,17H,8-14H2,1-3H3,(H2,19,20,23). The predicted octanol–water partition coefficient (Wildman–Crippen LogP) is 0.929. The predicted molar refractivity (Wildman–Crippen MR) is 98.1 cm³/mol. The number of rotatable bonds is 8. The Morgan fingerprint density at radius 1 is 1.12 bits per heavy atom. The number of hydrogen-bond acceptors (Lipinski definition) is 5. The Kier molecular flexibility index (Phi) is 7.97. The number of hydrogen-bond donors (Lipinski definition) is 2. The van der Waals surface area contributed by atoms with Gasteiger partial charge in [-0.1, -0.05) is 12.1 Å². The molecule has 0 radical (unpaired) electrons. The van der Waals surface area contributed by atoms with Gasteiger partial charge in [0, 0.05) is 46.4 Å². The van der Waals surface area contributed by atoms with Crippen molar-refractivity contribution in [1.82, 2.24) is 20.4 Å². The normalized spacial score (nSPS) is 17.1. The molecular formula is C18H30N4O3. The number of amides is 2. The Labute approximate surface area is 150 Å². The number of benzene rings is 1. The number of likely N-dealkylation sites (N-methyl/N-ethyl adjacent to an activating group) is 1. The molecule has 1 saturated heterocycles. The van der Waals surface area contributed by atoms with Gasteiger partial charge in [-0.2, -0.15) is 0 Å². The molecule has 7 heteroatoms. The highest BCUT2D eigenvalue weighted by Crippen LogP contribution is 2.23. The van der Waals surface area contributed by atoms with Gasteiger partial charge < -0.3 is 25.0 Å². The van der Waals surface area contributed by atoms with E-state index in [1.807, 2.05) is 12.1 Å². The molecule has 0 spiro atoms. The summed E-state index contributed by atoms with van der Waals surface area (Å²) in [6.45, 7) is 5.62. The van der Waals surface area contributed by atoms with E-state index >= 15 is 0 Å². The summed E-state index contributed by atoms with van der Waals surface area (Å²) in [6.07, 6.45) is 0. The van der Waals surface area contributed by atoms with Crippen LogP contribution in [0, 0.1) is 0 Å². The fourth-order valence-electron chi connectivity index (χ4n) is 2.94. The summed E-state index contributed by atoms with van der Waals surface area (Å²) >= 11 is 0. The highest BCUT2D eigenvalue weighted by atomic mass is 16.5. The molecule has 2 amide bonds. The number of nitrogens with zero attached hydrogens (tertiary/aromatic N) is 2. The van der Waals surface area contributed by atoms with E-state index in [0.29, 0.717) is 19.7 Å². The molecule has 0 bridgehead atoms. The number of carbonyl (C=O) groups excluding carboxylic acids is 1. The molecule has 140 valence electrons. The fraction of sp³-hybridized carbons (Fsp3) is 0.611. The number of piperazine rings is 1. The highest BCUT2D eigenvalue weighted by Gasteiger charge is 2.24. The number of carbonyl (C=O) groups is 1. The van der Waals surface area contributed by atoms with Crippen molar-refractivity contribution in [2.24, 2.45) is 0 Å². The van der Waals surface area contributed by atoms with Crippen LogP contribution >= 0.6 is 0 Å². The van der Waals surface area contributed by atoms with Crippen LogP contribution in [-0.4, -0.2) is 83.0 Å². The monoisotopic (exact) mass is 350 g/mol. The summed E-state index contributed by atoms with van der Waals surface area (Å²) in [5, 5.41) is 5.78. The van der Waals surface area contributed by atoms with Crippen LogP contribution < -0.4 is 15.4 Å². The molecule has 25 heavy (non-hydrogen) atoms. The van der Waals surface area contributed by atoms with Crippen molar-refractivity contribution in [3.05, 3.63) is 29.8 Å². The minimum atomic E-state index is -0.162. The summed E-state index contributed by atoms with van der Waals surface area (Å²) in [7, 11) is 5.42. The lowest BCUT2D eigenvalue weighted by Gasteiger charge is -2.38. The first-order valence-electron chi connectivity index (χ1n) is 8.71. The topological polar surface area (TPSA) is 66.1 Å². The largest absolute Gasteiger partial charge is 0.497 e. The average Bonchev–Trinajstić information content (AvgIpc) is 2.64. The SMILES string of the molecule is COCCNC(=O)NCC(c1ccc(OC)cc1)N1CCN(C)CC1. The lowest BCUT2D eigenvalue weighted by molar-refractivity contribution is 0.111. The summed E-state index contributed by atoms with van der Waals surface area (Å²) in [6, 6.07) is 8.07. The molecule has 1 aliphatic rings. The van der Waals surface area contributed by atoms with Crippen LogP contribution in [0.15, 0.2) is 24.3 Å². The summed E-state index contributed by atoms with van der Waals surface area (Å²) in [5.74, 6) is 0.839. The maximum absolute atomic E-state index is 12.0. The molecule has 0 saturated carbocycles. The van der Waals surface area contributed by atoms with Crippen molar-refractivity contribution in [3.8, 4) is 5.75 Å². The highest BCUT2D eigenvalue weighted by molar-refractivity contribution is 5.73. The molecule has 1 fully saturated rings. The van der Waals surface area contributed by atoms with Gasteiger partial charge in [-0.15, -0.1) is 0 Å². The Hall–Kier alpha value is -1.83. The summed E-state index contributed by atoms with van der Waals surface area (Å²) in [4.78, 5) is 16.7. The quantitative estimate of drug-likeness (QED) is 0.683. The molecule has 1 aromatic carbocycles. The first-order valence-corrected chi connectivity index (χ1v) is 8.71. The van der Waals surface area contributed by atoms with Crippen LogP contribution in [0.25, 0.3) is 0 Å². The van der Waals surface area contributed by atoms with Crippen molar-refractivity contribution in [3.63, 3.8) is 0 Å². The molecule has 2 N–H and O–H groups in total. The first kappa shape index (κ1) is 19.5. The zero-order valence-electron chi connectivity index (χ0n) is 15.5. The zero-order valence-corrected chi connectivity index (χ0v) is 15.5. The molecule has 1 aliphatic heterocycles. The third kappa shape index (κ3) is 6.19. The van der Waals surface area contributed by atoms with E-state index in [4.69, 9.17) is 9.47 Å². The maximum atomic E-state index is 12.0. The molecule has 1 unspecified atom stereocenters. The minimum Gasteiger partial charge on any atom is -0.497 e. The second-order valence-electron chi connectivity index (χ2n) is 6.26. The molecule has 2 rings (SSSR count). The molecule has 1 aromatic rings. The zero-order chi connectivity index (χ0) is 18.1. The summed E-state index contributed by atoms with van der Waals surface area (Å²) in [5.41, 5.74) is 1.18. The van der Waals surface area contributed by atoms with E-state index in [0.717, 1.165) is 31.9 Å². The van der Waals surface area contributed by atoms with Crippen LogP contribution in [0.2, 0.25) is 0 Å². The van der Waals surface area contributed by atoms with Crippen molar-refractivity contribution < 1.29 is 14.3 Å². The van der Waals surface area contributed by atoms with E-state index in [1.165, 1.54) is 5.56 Å². The van der Waals surface area contributed by atoms with Crippen molar-refractivity contribution in [2.45, 2.75) is 6.04 Å². The lowest BCUT2D eigenvalue weighted by atomic mass is 10.0. The van der Waals surface area contributed by atoms with Gasteiger partial charge in [-0.3, -0.25) is 4.90 Å². The average molecular weight is 350 g/mol. The van der Waals surface area contributed by atoms with Gasteiger partial charge in [0.25, 0.3) is 0 Å². The van der Waals surface area contributed by atoms with Gasteiger partial charge in [-0.05, 0) is 24.7 Å². The molecular weight excluding hydrogens is 320 g/mol. The van der Waals surface area contributed by atoms with E-state index in [2.05, 4.69) is 39.6 Å². The van der Waals surface area contributed by atoms with Crippen molar-refractivity contribution >= 4 is 6.03 Å². The Morgan fingerprint density at radius 2 is 1.80 bits per heavy atom. The van der Waals surface area contributed by atoms with Gasteiger partial charge in [0.15, 0.2) is 0 Å². The molecule has 1 atom stereocenters. The fourth-order valence-corrected chi connectivity index (χ4v) is 2.94. The van der Waals surface area contributed by atoms with Crippen LogP contribution in [0.1, 0.15) is 11.6 Å². The molecule has 7 nitrogen and oxygen atoms in total. The smallest absolute Gasteiger partial charge is 0.314 e. The number of urea groups is 1. The van der Waals surface area contributed by atoms with Crippen LogP contribution in [0.4, 0.5) is 4.79 Å². The van der Waals surface area contributed by atoms with Gasteiger partial charge in [0.1, 0.15) is 5.75 Å². The minimum absolute atomic E-state index is 0.146. The third-order valence-corrected chi connectivity index (χ3v) is 4.53. The second kappa shape index (κ2) is 10.2. The van der Waals surface area contributed by atoms with Crippen LogP contribution in [0.5, 0.6) is 5.75 Å². The molecule has 0 aliphatic carbocycles. The third-order valence-electron chi connectivity index (χ3n) is 4.53. The van der Waals surface area contributed by atoms with E-state index < -0.39 is 0 Å². The van der Waals surface area contributed by atoms with Crippen LogP contribution in [-0.2, 0) is 4.74 Å². The van der Waals surface area contributed by atoms with Gasteiger partial charge >= 0.3 is 6.03 Å². The molecule has 0 aromatic heterocycles. The first-order chi connectivity index (χ1) is 12.1. The maximum Gasteiger partial charge on any atom is 0.314 e. The van der Waals surface area contributed by atoms with E-state index in [1.54, 1.807) is 14.2 Å². The number of methoxy groups -OCH3 is 2. The van der Waals surface area contributed by atoms with Crippen LogP contribution in [0.3, 0.4) is 0 Å². The number of ether oxygens (including phenoxy) is 2. The Bertz CT molecular complexity index is 516. The van der Waals surface area contributed by atoms with Gasteiger partial charge in [-0.25, -0.2) is 4.79 Å². The lowest BCUT2D eigenvalue weighted by Crippen LogP contribution is -2.49. The second-order valence-corrected chi connectivity index (χ2v) is 6.26. The molecule has 1 heterocycles. The van der Waals surface area contributed by atoms with E-state index in [9.17, 15) is 4.79 Å². The van der Waals surface area contributed by atoms with Gasteiger partial charge in [0.05, 0.1) is 19.8 Å². The van der Waals surface area contributed by atoms with Crippen molar-refractivity contribution in [2.75, 3.05) is 67.1 Å². The van der Waals surface area contributed by atoms with Gasteiger partial charge in [0.2, 0.25) is 0 Å². The Balaban J connectivity index is 1.99. The number of nitrogens with one attached hydrogen (secondary N) is 2. The van der Waals surface area contributed by atoms with Crippen molar-refractivity contribution in [1.29, 1.82) is 0 Å².